The van der Waals surface area contributed by atoms with Crippen LogP contribution in [-0.4, -0.2) is 35.2 Å². The highest BCUT2D eigenvalue weighted by Gasteiger charge is 2.10. The molecule has 0 spiro atoms. The lowest BCUT2D eigenvalue weighted by Gasteiger charge is -2.11. The Balaban J connectivity index is 0.00000840. The number of nitrogens with zero attached hydrogens (tertiary/aromatic N) is 4. The number of hydrogen-bond acceptors (Lipinski definition) is 6. The molecule has 0 aliphatic carbocycles. The number of para-hydroxylation sites is 1. The quantitative estimate of drug-likeness (QED) is 0.0813. The van der Waals surface area contributed by atoms with Gasteiger partial charge in [-0.15, -0.1) is 10.2 Å². The summed E-state index contributed by atoms with van der Waals surface area (Å²) in [6.45, 7) is 3.49. The first-order valence-corrected chi connectivity index (χ1v) is 13.2. The Morgan fingerprint density at radius 3 is 1.46 bits per heavy atom. The van der Waals surface area contributed by atoms with Gasteiger partial charge in [0.2, 0.25) is 23.7 Å². The van der Waals surface area contributed by atoms with Gasteiger partial charge in [0, 0.05) is 35.3 Å². The van der Waals surface area contributed by atoms with E-state index in [1.807, 2.05) is 36.4 Å². The van der Waals surface area contributed by atoms with E-state index in [0.29, 0.717) is 41.1 Å². The summed E-state index contributed by atoms with van der Waals surface area (Å²) >= 11 is 0. The van der Waals surface area contributed by atoms with E-state index in [4.69, 9.17) is 22.9 Å². The van der Waals surface area contributed by atoms with E-state index in [1.165, 1.54) is 0 Å². The largest absolute Gasteiger partial charge is 0.369 e. The molecular weight excluding hydrogens is 520 g/mol. The Hall–Kier alpha value is -4.74. The molecular formula is C29H44N10O2. The minimum atomic E-state index is -0.164. The molecule has 2 aromatic carbocycles. The molecule has 222 valence electrons. The fourth-order valence-corrected chi connectivity index (χ4v) is 3.75. The van der Waals surface area contributed by atoms with E-state index in [0.717, 1.165) is 44.2 Å². The van der Waals surface area contributed by atoms with Crippen molar-refractivity contribution in [2.75, 3.05) is 10.6 Å². The van der Waals surface area contributed by atoms with Crippen LogP contribution in [0.5, 0.6) is 0 Å². The van der Waals surface area contributed by atoms with Gasteiger partial charge in [-0.1, -0.05) is 51.3 Å². The molecule has 0 heterocycles. The van der Waals surface area contributed by atoms with E-state index in [9.17, 15) is 9.59 Å². The first-order valence-electron chi connectivity index (χ1n) is 13.2. The van der Waals surface area contributed by atoms with Gasteiger partial charge in [0.25, 0.3) is 0 Å². The average molecular weight is 565 g/mol. The van der Waals surface area contributed by atoms with Crippen LogP contribution < -0.4 is 33.6 Å². The van der Waals surface area contributed by atoms with Crippen LogP contribution in [-0.2, 0) is 9.59 Å². The van der Waals surface area contributed by atoms with Crippen molar-refractivity contribution in [1.29, 1.82) is 0 Å². The van der Waals surface area contributed by atoms with Crippen LogP contribution in [0.25, 0.3) is 0 Å². The maximum atomic E-state index is 12.6. The minimum Gasteiger partial charge on any atom is -0.369 e. The van der Waals surface area contributed by atoms with Gasteiger partial charge in [0.15, 0.2) is 0 Å². The fraction of sp³-hybridized carbons (Fsp3) is 0.379. The van der Waals surface area contributed by atoms with Crippen LogP contribution in [0, 0.1) is 0 Å². The predicted octanol–water partition coefficient (Wildman–Crippen LogP) is 4.02. The number of unbranched alkanes of at least 4 members (excludes halogenated alkanes) is 5. The summed E-state index contributed by atoms with van der Waals surface area (Å²) < 4.78 is 0. The summed E-state index contributed by atoms with van der Waals surface area (Å²) in [6.07, 6.45) is 6.45. The van der Waals surface area contributed by atoms with Gasteiger partial charge < -0.3 is 33.6 Å². The lowest BCUT2D eigenvalue weighted by molar-refractivity contribution is -0.117. The zero-order valence-corrected chi connectivity index (χ0v) is 23.2. The zero-order chi connectivity index (χ0) is 29.3. The van der Waals surface area contributed by atoms with Gasteiger partial charge in [0.1, 0.15) is 0 Å². The van der Waals surface area contributed by atoms with E-state index in [2.05, 4.69) is 31.0 Å². The summed E-state index contributed by atoms with van der Waals surface area (Å²) in [6, 6.07) is 14.8. The summed E-state index contributed by atoms with van der Waals surface area (Å²) in [4.78, 5) is 24.6. The summed E-state index contributed by atoms with van der Waals surface area (Å²) in [5, 5.41) is 21.3. The molecule has 0 atom stereocenters. The number of amides is 2. The van der Waals surface area contributed by atoms with Crippen LogP contribution in [0.4, 0.5) is 11.4 Å². The molecule has 0 saturated heterocycles. The molecule has 0 bridgehead atoms. The molecule has 2 amide bonds. The second kappa shape index (κ2) is 18.5. The normalized spacial score (nSPS) is 11.2. The summed E-state index contributed by atoms with van der Waals surface area (Å²) in [5.74, 6) is -0.394. The van der Waals surface area contributed by atoms with Crippen molar-refractivity contribution in [2.45, 2.75) is 72.6 Å². The Bertz CT molecular complexity index is 1190. The van der Waals surface area contributed by atoms with E-state index >= 15 is 0 Å². The highest BCUT2D eigenvalue weighted by molar-refractivity contribution is 6.06. The Kier molecular flexibility index (Phi) is 15.5. The molecule has 0 saturated carbocycles. The van der Waals surface area contributed by atoms with Gasteiger partial charge in [0.05, 0.1) is 11.4 Å². The molecule has 0 unspecified atom stereocenters. The van der Waals surface area contributed by atoms with Crippen molar-refractivity contribution in [3.05, 3.63) is 59.7 Å². The zero-order valence-electron chi connectivity index (χ0n) is 23.2. The smallest absolute Gasteiger partial charge is 0.224 e. The van der Waals surface area contributed by atoms with Crippen molar-refractivity contribution < 1.29 is 9.59 Å². The molecule has 0 aliphatic heterocycles. The van der Waals surface area contributed by atoms with Gasteiger partial charge in [-0.05, 0) is 57.0 Å². The number of anilines is 2. The average Bonchev–Trinajstić information content (AvgIpc) is 2.92. The first-order chi connectivity index (χ1) is 19.1. The molecule has 2 aromatic rings. The SMILES string of the molecule is C.C/C(=N/N=C(N)N)c1cc(NC(=O)CCCCCCCCC(=O)Nc2ccccc2)cc(/C(C)=N/N=C(N)N)c1. The van der Waals surface area contributed by atoms with Crippen molar-refractivity contribution in [3.8, 4) is 0 Å². The van der Waals surface area contributed by atoms with Crippen LogP contribution >= 0.6 is 0 Å². The number of benzene rings is 2. The van der Waals surface area contributed by atoms with E-state index in [-0.39, 0.29) is 31.2 Å². The summed E-state index contributed by atoms with van der Waals surface area (Å²) in [7, 11) is 0. The molecule has 10 N–H and O–H groups in total. The molecule has 12 heteroatoms. The van der Waals surface area contributed by atoms with Crippen LogP contribution in [0.15, 0.2) is 68.9 Å². The number of guanidine groups is 2. The maximum Gasteiger partial charge on any atom is 0.224 e. The highest BCUT2D eigenvalue weighted by Crippen LogP contribution is 2.19. The number of carbonyl (C=O) groups excluding carboxylic acids is 2. The summed E-state index contributed by atoms with van der Waals surface area (Å²) in [5.41, 5.74) is 25.4. The van der Waals surface area contributed by atoms with Crippen molar-refractivity contribution in [2.24, 2.45) is 43.3 Å². The lowest BCUT2D eigenvalue weighted by Crippen LogP contribution is -2.22. The van der Waals surface area contributed by atoms with Crippen LogP contribution in [0.3, 0.4) is 0 Å². The molecule has 2 rings (SSSR count). The van der Waals surface area contributed by atoms with Gasteiger partial charge >= 0.3 is 0 Å². The third-order valence-electron chi connectivity index (χ3n) is 5.80. The molecule has 0 aliphatic rings. The minimum absolute atomic E-state index is 0. The Labute approximate surface area is 242 Å². The van der Waals surface area contributed by atoms with Crippen LogP contribution in [0.1, 0.15) is 83.8 Å². The van der Waals surface area contributed by atoms with Gasteiger partial charge in [-0.3, -0.25) is 9.59 Å². The number of rotatable bonds is 15. The maximum absolute atomic E-state index is 12.6. The van der Waals surface area contributed by atoms with Crippen LogP contribution in [0.2, 0.25) is 0 Å². The Morgan fingerprint density at radius 1 is 0.610 bits per heavy atom. The van der Waals surface area contributed by atoms with Crippen molar-refractivity contribution >= 4 is 46.5 Å². The third-order valence-corrected chi connectivity index (χ3v) is 5.80. The lowest BCUT2D eigenvalue weighted by atomic mass is 10.0. The molecule has 0 aromatic heterocycles. The number of hydrogen-bond donors (Lipinski definition) is 6. The molecule has 12 nitrogen and oxygen atoms in total. The molecule has 41 heavy (non-hydrogen) atoms. The fourth-order valence-electron chi connectivity index (χ4n) is 3.75. The van der Waals surface area contributed by atoms with Crippen molar-refractivity contribution in [1.82, 2.24) is 0 Å². The first kappa shape index (κ1) is 34.3. The number of carbonyl (C=O) groups is 2. The second-order valence-corrected chi connectivity index (χ2v) is 9.30. The Morgan fingerprint density at radius 2 is 1.02 bits per heavy atom. The molecule has 0 fully saturated rings. The van der Waals surface area contributed by atoms with Gasteiger partial charge in [-0.25, -0.2) is 0 Å². The predicted molar refractivity (Wildman–Crippen MR) is 170 cm³/mol. The molecule has 0 radical (unpaired) electrons. The van der Waals surface area contributed by atoms with Crippen molar-refractivity contribution in [3.63, 3.8) is 0 Å². The monoisotopic (exact) mass is 564 g/mol. The van der Waals surface area contributed by atoms with E-state index in [1.54, 1.807) is 26.0 Å². The van der Waals surface area contributed by atoms with E-state index < -0.39 is 0 Å². The topological polar surface area (TPSA) is 212 Å². The highest BCUT2D eigenvalue weighted by atomic mass is 16.2. The number of nitrogens with one attached hydrogen (secondary N) is 2. The van der Waals surface area contributed by atoms with Gasteiger partial charge in [-0.2, -0.15) is 10.2 Å². The third kappa shape index (κ3) is 14.3. The number of nitrogens with two attached hydrogens (primary N) is 4. The second-order valence-electron chi connectivity index (χ2n) is 9.30. The standard InChI is InChI=1S/C28H40N10O2.CH4/c1-19(35-37-27(29)30)21-16-22(20(2)36-38-28(31)32)18-24(17-21)34-26(40)15-11-6-4-3-5-10-14-25(39)33-23-12-8-7-9-13-23;/h7-9,12-13,16-18H,3-6,10-11,14-15H2,1-2H3,(H,33,39)(H,34,40)(H4,29,30,37)(H4,31,32,38);1H4/b35-19-,36-20+;.